The number of benzene rings is 1. The van der Waals surface area contributed by atoms with Gasteiger partial charge in [0, 0.05) is 11.1 Å². The van der Waals surface area contributed by atoms with Gasteiger partial charge < -0.3 is 10.1 Å². The number of carbonyl (C=O) groups excluding carboxylic acids is 2. The van der Waals surface area contributed by atoms with E-state index in [1.54, 1.807) is 11.4 Å². The Morgan fingerprint density at radius 3 is 2.83 bits per heavy atom. The summed E-state index contributed by atoms with van der Waals surface area (Å²) in [5.41, 5.74) is 0.888. The van der Waals surface area contributed by atoms with Crippen molar-refractivity contribution in [3.63, 3.8) is 0 Å². The Labute approximate surface area is 143 Å². The van der Waals surface area contributed by atoms with Crippen LogP contribution in [0.25, 0.3) is 0 Å². The molecule has 0 aliphatic carbocycles. The molecule has 2 rings (SSSR count). The van der Waals surface area contributed by atoms with Gasteiger partial charge in [0.25, 0.3) is 0 Å². The number of carbonyl (C=O) groups is 2. The van der Waals surface area contributed by atoms with E-state index in [4.69, 9.17) is 4.74 Å². The first-order valence-corrected chi connectivity index (χ1v) is 8.24. The van der Waals surface area contributed by atoms with Crippen molar-refractivity contribution >= 4 is 34.2 Å². The quantitative estimate of drug-likeness (QED) is 0.832. The molecule has 128 valence electrons. The fraction of sp³-hybridized carbons (Fsp3) is 0.312. The van der Waals surface area contributed by atoms with Gasteiger partial charge in [-0.15, -0.1) is 11.3 Å². The normalized spacial score (nSPS) is 10.5. The standard InChI is InChI=1S/C16H18FN3O3S/c1-10(2)8-23-16(22)20-15-19-13(9-24-15)7-14(21)18-12-5-3-4-11(17)6-12/h3-6,9-10H,7-8H2,1-2H3,(H,18,21)(H,19,20,22). The number of anilines is 2. The largest absolute Gasteiger partial charge is 0.449 e. The van der Waals surface area contributed by atoms with Crippen LogP contribution in [0.4, 0.5) is 20.0 Å². The number of hydrogen-bond acceptors (Lipinski definition) is 5. The maximum atomic E-state index is 13.1. The Kier molecular flexibility index (Phi) is 6.25. The Bertz CT molecular complexity index is 718. The van der Waals surface area contributed by atoms with Crippen LogP contribution in [-0.2, 0) is 16.0 Å². The summed E-state index contributed by atoms with van der Waals surface area (Å²) in [5, 5.41) is 7.13. The molecule has 1 aromatic heterocycles. The lowest BCUT2D eigenvalue weighted by Crippen LogP contribution is -2.17. The number of aromatic nitrogens is 1. The van der Waals surface area contributed by atoms with Crippen LogP contribution in [0.3, 0.4) is 0 Å². The van der Waals surface area contributed by atoms with E-state index in [2.05, 4.69) is 15.6 Å². The van der Waals surface area contributed by atoms with Gasteiger partial charge >= 0.3 is 6.09 Å². The molecule has 2 aromatic rings. The molecule has 24 heavy (non-hydrogen) atoms. The molecule has 0 unspecified atom stereocenters. The van der Waals surface area contributed by atoms with Crippen molar-refractivity contribution in [1.29, 1.82) is 0 Å². The SMILES string of the molecule is CC(C)COC(=O)Nc1nc(CC(=O)Nc2cccc(F)c2)cs1. The van der Waals surface area contributed by atoms with Gasteiger partial charge in [0.05, 0.1) is 18.7 Å². The van der Waals surface area contributed by atoms with Crippen LogP contribution in [0.1, 0.15) is 19.5 Å². The zero-order valence-corrected chi connectivity index (χ0v) is 14.2. The van der Waals surface area contributed by atoms with Crippen LogP contribution in [-0.4, -0.2) is 23.6 Å². The molecular weight excluding hydrogens is 333 g/mol. The van der Waals surface area contributed by atoms with Crippen LogP contribution >= 0.6 is 11.3 Å². The van der Waals surface area contributed by atoms with Crippen LogP contribution < -0.4 is 10.6 Å². The molecule has 1 heterocycles. The summed E-state index contributed by atoms with van der Waals surface area (Å²) in [7, 11) is 0. The average molecular weight is 351 g/mol. The Morgan fingerprint density at radius 1 is 1.33 bits per heavy atom. The molecule has 0 bridgehead atoms. The second kappa shape index (κ2) is 8.39. The second-order valence-corrected chi connectivity index (χ2v) is 6.35. The number of nitrogens with one attached hydrogen (secondary N) is 2. The van der Waals surface area contributed by atoms with Crippen molar-refractivity contribution in [3.8, 4) is 0 Å². The lowest BCUT2D eigenvalue weighted by Gasteiger charge is -2.06. The first-order valence-electron chi connectivity index (χ1n) is 7.36. The van der Waals surface area contributed by atoms with Crippen molar-refractivity contribution in [1.82, 2.24) is 4.98 Å². The van der Waals surface area contributed by atoms with Crippen molar-refractivity contribution in [2.45, 2.75) is 20.3 Å². The summed E-state index contributed by atoms with van der Waals surface area (Å²) < 4.78 is 18.1. The maximum Gasteiger partial charge on any atom is 0.413 e. The monoisotopic (exact) mass is 351 g/mol. The van der Waals surface area contributed by atoms with E-state index in [1.807, 2.05) is 13.8 Å². The number of ether oxygens (including phenoxy) is 1. The molecule has 6 nitrogen and oxygen atoms in total. The minimum Gasteiger partial charge on any atom is -0.449 e. The maximum absolute atomic E-state index is 13.1. The van der Waals surface area contributed by atoms with Gasteiger partial charge in [-0.05, 0) is 24.1 Å². The smallest absolute Gasteiger partial charge is 0.413 e. The lowest BCUT2D eigenvalue weighted by molar-refractivity contribution is -0.115. The van der Waals surface area contributed by atoms with Gasteiger partial charge in [0.1, 0.15) is 5.82 Å². The fourth-order valence-electron chi connectivity index (χ4n) is 1.75. The molecule has 0 fully saturated rings. The van der Waals surface area contributed by atoms with Gasteiger partial charge in [0.15, 0.2) is 5.13 Å². The molecule has 2 N–H and O–H groups in total. The van der Waals surface area contributed by atoms with Crippen molar-refractivity contribution in [2.75, 3.05) is 17.2 Å². The summed E-state index contributed by atoms with van der Waals surface area (Å²) in [6.07, 6.45) is -0.552. The summed E-state index contributed by atoms with van der Waals surface area (Å²) in [5.74, 6) is -0.498. The molecular formula is C16H18FN3O3S. The predicted octanol–water partition coefficient (Wildman–Crippen LogP) is 3.67. The molecule has 0 radical (unpaired) electrons. The molecule has 1 aromatic carbocycles. The number of halogens is 1. The van der Waals surface area contributed by atoms with Crippen molar-refractivity contribution in [2.24, 2.45) is 5.92 Å². The summed E-state index contributed by atoms with van der Waals surface area (Å²) >= 11 is 1.20. The predicted molar refractivity (Wildman–Crippen MR) is 90.7 cm³/mol. The number of hydrogen-bond donors (Lipinski definition) is 2. The lowest BCUT2D eigenvalue weighted by atomic mass is 10.2. The van der Waals surface area contributed by atoms with Gasteiger partial charge in [-0.25, -0.2) is 14.2 Å². The molecule has 2 amide bonds. The summed E-state index contributed by atoms with van der Waals surface area (Å²) in [6, 6.07) is 5.64. The van der Waals surface area contributed by atoms with E-state index in [9.17, 15) is 14.0 Å². The highest BCUT2D eigenvalue weighted by atomic mass is 32.1. The van der Waals surface area contributed by atoms with Gasteiger partial charge in [-0.2, -0.15) is 0 Å². The van der Waals surface area contributed by atoms with E-state index < -0.39 is 11.9 Å². The Morgan fingerprint density at radius 2 is 2.12 bits per heavy atom. The van der Waals surface area contributed by atoms with E-state index >= 15 is 0 Å². The molecule has 8 heteroatoms. The van der Waals surface area contributed by atoms with Gasteiger partial charge in [-0.1, -0.05) is 19.9 Å². The number of amides is 2. The summed E-state index contributed by atoms with van der Waals surface area (Å²) in [6.45, 7) is 4.19. The van der Waals surface area contributed by atoms with E-state index in [0.29, 0.717) is 23.1 Å². The minimum absolute atomic E-state index is 0.0235. The molecule has 0 spiro atoms. The molecule has 0 atom stereocenters. The third-order valence-electron chi connectivity index (χ3n) is 2.76. The third-order valence-corrected chi connectivity index (χ3v) is 3.57. The fourth-order valence-corrected chi connectivity index (χ4v) is 2.44. The van der Waals surface area contributed by atoms with E-state index in [-0.39, 0.29) is 18.2 Å². The number of thiazole rings is 1. The van der Waals surface area contributed by atoms with Crippen LogP contribution in [0.2, 0.25) is 0 Å². The molecule has 0 saturated heterocycles. The number of rotatable bonds is 6. The van der Waals surface area contributed by atoms with E-state index in [0.717, 1.165) is 0 Å². The molecule has 0 saturated carbocycles. The minimum atomic E-state index is -0.575. The Hall–Kier alpha value is -2.48. The highest BCUT2D eigenvalue weighted by molar-refractivity contribution is 7.13. The van der Waals surface area contributed by atoms with Crippen molar-refractivity contribution < 1.29 is 18.7 Å². The van der Waals surface area contributed by atoms with Crippen LogP contribution in [0.15, 0.2) is 29.6 Å². The summed E-state index contributed by atoms with van der Waals surface area (Å²) in [4.78, 5) is 27.6. The number of nitrogens with zero attached hydrogens (tertiary/aromatic N) is 1. The highest BCUT2D eigenvalue weighted by Gasteiger charge is 2.11. The zero-order chi connectivity index (χ0) is 17.5. The Balaban J connectivity index is 1.84. The van der Waals surface area contributed by atoms with Crippen LogP contribution in [0, 0.1) is 11.7 Å². The van der Waals surface area contributed by atoms with Crippen LogP contribution in [0.5, 0.6) is 0 Å². The zero-order valence-electron chi connectivity index (χ0n) is 13.3. The topological polar surface area (TPSA) is 80.3 Å². The van der Waals surface area contributed by atoms with Gasteiger partial charge in [0.2, 0.25) is 5.91 Å². The second-order valence-electron chi connectivity index (χ2n) is 5.50. The third kappa shape index (κ3) is 5.96. The molecule has 0 aliphatic rings. The van der Waals surface area contributed by atoms with Gasteiger partial charge in [-0.3, -0.25) is 10.1 Å². The highest BCUT2D eigenvalue weighted by Crippen LogP contribution is 2.17. The first-order chi connectivity index (χ1) is 11.4. The first kappa shape index (κ1) is 17.9. The van der Waals surface area contributed by atoms with E-state index in [1.165, 1.54) is 29.5 Å². The van der Waals surface area contributed by atoms with Crippen molar-refractivity contribution in [3.05, 3.63) is 41.2 Å². The molecule has 0 aliphatic heterocycles. The average Bonchev–Trinajstić information content (AvgIpc) is 2.92.